The fraction of sp³-hybridized carbons (Fsp3) is 0.368. The number of benzene rings is 1. The van der Waals surface area contributed by atoms with Gasteiger partial charge in [-0.2, -0.15) is 0 Å². The monoisotopic (exact) mass is 341 g/mol. The molecule has 0 bridgehead atoms. The highest BCUT2D eigenvalue weighted by atomic mass is 16.3. The van der Waals surface area contributed by atoms with Gasteiger partial charge in [0.25, 0.3) is 11.8 Å². The van der Waals surface area contributed by atoms with Gasteiger partial charge in [-0.1, -0.05) is 12.1 Å². The number of anilines is 1. The molecular weight excluding hydrogens is 318 g/mol. The molecule has 0 atom stereocenters. The van der Waals surface area contributed by atoms with Gasteiger partial charge in [0.05, 0.1) is 11.8 Å². The van der Waals surface area contributed by atoms with Crippen molar-refractivity contribution in [2.75, 3.05) is 31.1 Å². The van der Waals surface area contributed by atoms with E-state index in [-0.39, 0.29) is 17.6 Å². The average Bonchev–Trinajstić information content (AvgIpc) is 3.20. The molecule has 0 aliphatic carbocycles. The predicted octanol–water partition coefficient (Wildman–Crippen LogP) is 2.43. The van der Waals surface area contributed by atoms with E-state index in [1.165, 1.54) is 12.7 Å². The van der Waals surface area contributed by atoms with Crippen molar-refractivity contribution in [2.45, 2.75) is 19.3 Å². The Balaban J connectivity index is 1.52. The molecule has 6 nitrogen and oxygen atoms in total. The normalized spacial score (nSPS) is 14.2. The summed E-state index contributed by atoms with van der Waals surface area (Å²) in [5.41, 5.74) is 1.67. The Kier molecular flexibility index (Phi) is 5.72. The predicted molar refractivity (Wildman–Crippen MR) is 95.9 cm³/mol. The van der Waals surface area contributed by atoms with Crippen LogP contribution in [0.2, 0.25) is 0 Å². The second-order valence-electron chi connectivity index (χ2n) is 6.05. The summed E-state index contributed by atoms with van der Waals surface area (Å²) in [6.07, 6.45) is 5.03. The summed E-state index contributed by atoms with van der Waals surface area (Å²) in [6.45, 7) is 2.68. The fourth-order valence-electron chi connectivity index (χ4n) is 3.02. The third kappa shape index (κ3) is 4.41. The van der Waals surface area contributed by atoms with E-state index in [4.69, 9.17) is 4.42 Å². The van der Waals surface area contributed by atoms with Crippen LogP contribution in [0.25, 0.3) is 0 Å². The molecule has 1 aliphatic heterocycles. The number of amides is 2. The summed E-state index contributed by atoms with van der Waals surface area (Å²) in [4.78, 5) is 26.5. The van der Waals surface area contributed by atoms with Gasteiger partial charge in [0.2, 0.25) is 0 Å². The van der Waals surface area contributed by atoms with E-state index in [2.05, 4.69) is 15.5 Å². The van der Waals surface area contributed by atoms with Crippen molar-refractivity contribution < 1.29 is 14.0 Å². The number of para-hydroxylation sites is 1. The lowest BCUT2D eigenvalue weighted by atomic mass is 10.1. The molecule has 1 aliphatic rings. The van der Waals surface area contributed by atoms with Gasteiger partial charge in [0, 0.05) is 31.9 Å². The highest BCUT2D eigenvalue weighted by molar-refractivity contribution is 5.99. The number of carbonyl (C=O) groups excluding carboxylic acids is 2. The van der Waals surface area contributed by atoms with E-state index >= 15 is 0 Å². The van der Waals surface area contributed by atoms with E-state index in [1.807, 2.05) is 24.3 Å². The lowest BCUT2D eigenvalue weighted by Crippen LogP contribution is -2.36. The van der Waals surface area contributed by atoms with E-state index in [9.17, 15) is 9.59 Å². The molecule has 132 valence electrons. The maximum atomic E-state index is 12.5. The second-order valence-corrected chi connectivity index (χ2v) is 6.05. The van der Waals surface area contributed by atoms with Gasteiger partial charge in [-0.3, -0.25) is 9.59 Å². The molecule has 2 heterocycles. The number of piperidine rings is 1. The van der Waals surface area contributed by atoms with Gasteiger partial charge in [-0.25, -0.2) is 0 Å². The molecule has 2 amide bonds. The minimum absolute atomic E-state index is 0.117. The molecular formula is C19H23N3O3. The Morgan fingerprint density at radius 1 is 0.920 bits per heavy atom. The number of hydrogen-bond donors (Lipinski definition) is 2. The Labute approximate surface area is 147 Å². The van der Waals surface area contributed by atoms with Crippen LogP contribution in [0.15, 0.2) is 47.1 Å². The molecule has 2 N–H and O–H groups in total. The molecule has 3 rings (SSSR count). The molecule has 1 aromatic carbocycles. The first-order chi connectivity index (χ1) is 12.3. The van der Waals surface area contributed by atoms with Crippen molar-refractivity contribution in [3.05, 3.63) is 54.0 Å². The van der Waals surface area contributed by atoms with E-state index < -0.39 is 0 Å². The third-order valence-corrected chi connectivity index (χ3v) is 4.29. The summed E-state index contributed by atoms with van der Waals surface area (Å²) in [5.74, 6) is -0.136. The largest absolute Gasteiger partial charge is 0.459 e. The maximum Gasteiger partial charge on any atom is 0.287 e. The number of rotatable bonds is 6. The third-order valence-electron chi connectivity index (χ3n) is 4.29. The summed E-state index contributed by atoms with van der Waals surface area (Å²) < 4.78 is 5.02. The number of furan rings is 1. The van der Waals surface area contributed by atoms with Gasteiger partial charge in [-0.05, 0) is 43.5 Å². The standard InChI is InChI=1S/C19H23N3O3/c23-18(20-10-11-21-19(24)17-9-6-14-25-17)15-7-2-3-8-16(15)22-12-4-1-5-13-22/h2-3,6-9,14H,1,4-5,10-13H2,(H,20,23)(H,21,24). The molecule has 25 heavy (non-hydrogen) atoms. The molecule has 2 aromatic rings. The first-order valence-electron chi connectivity index (χ1n) is 8.69. The molecule has 0 spiro atoms. The SMILES string of the molecule is O=C(NCCNC(=O)c1ccccc1N1CCCCC1)c1ccco1. The van der Waals surface area contributed by atoms with Crippen LogP contribution < -0.4 is 15.5 Å². The summed E-state index contributed by atoms with van der Waals surface area (Å²) in [6, 6.07) is 10.9. The van der Waals surface area contributed by atoms with Crippen LogP contribution in [0, 0.1) is 0 Å². The van der Waals surface area contributed by atoms with Gasteiger partial charge in [0.1, 0.15) is 0 Å². The quantitative estimate of drug-likeness (QED) is 0.792. The average molecular weight is 341 g/mol. The number of nitrogens with one attached hydrogen (secondary N) is 2. The zero-order valence-electron chi connectivity index (χ0n) is 14.2. The molecule has 0 unspecified atom stereocenters. The van der Waals surface area contributed by atoms with Crippen LogP contribution >= 0.6 is 0 Å². The van der Waals surface area contributed by atoms with Crippen LogP contribution in [0.1, 0.15) is 40.2 Å². The smallest absolute Gasteiger partial charge is 0.287 e. The van der Waals surface area contributed by atoms with Crippen molar-refractivity contribution >= 4 is 17.5 Å². The first-order valence-corrected chi connectivity index (χ1v) is 8.69. The fourth-order valence-corrected chi connectivity index (χ4v) is 3.02. The minimum Gasteiger partial charge on any atom is -0.459 e. The molecule has 6 heteroatoms. The van der Waals surface area contributed by atoms with Crippen molar-refractivity contribution in [1.29, 1.82) is 0 Å². The van der Waals surface area contributed by atoms with Crippen LogP contribution in [0.4, 0.5) is 5.69 Å². The highest BCUT2D eigenvalue weighted by Gasteiger charge is 2.17. The van der Waals surface area contributed by atoms with E-state index in [0.717, 1.165) is 31.6 Å². The van der Waals surface area contributed by atoms with Crippen LogP contribution in [0.5, 0.6) is 0 Å². The van der Waals surface area contributed by atoms with E-state index in [1.54, 1.807) is 12.1 Å². The number of carbonyl (C=O) groups is 2. The molecule has 1 saturated heterocycles. The van der Waals surface area contributed by atoms with Crippen molar-refractivity contribution in [3.63, 3.8) is 0 Å². The molecule has 1 fully saturated rings. The van der Waals surface area contributed by atoms with Crippen LogP contribution in [-0.2, 0) is 0 Å². The van der Waals surface area contributed by atoms with Gasteiger partial charge < -0.3 is 20.0 Å². The summed E-state index contributed by atoms with van der Waals surface area (Å²) in [5, 5.41) is 5.58. The molecule has 0 radical (unpaired) electrons. The zero-order valence-corrected chi connectivity index (χ0v) is 14.2. The lowest BCUT2D eigenvalue weighted by Gasteiger charge is -2.30. The van der Waals surface area contributed by atoms with Crippen molar-refractivity contribution in [3.8, 4) is 0 Å². The summed E-state index contributed by atoms with van der Waals surface area (Å²) >= 11 is 0. The number of hydrogen-bond acceptors (Lipinski definition) is 4. The molecule has 0 saturated carbocycles. The first kappa shape index (κ1) is 17.1. The Morgan fingerprint density at radius 2 is 1.64 bits per heavy atom. The Hall–Kier alpha value is -2.76. The Bertz CT molecular complexity index is 706. The molecule has 1 aromatic heterocycles. The van der Waals surface area contributed by atoms with Crippen molar-refractivity contribution in [1.82, 2.24) is 10.6 Å². The summed E-state index contributed by atoms with van der Waals surface area (Å²) in [7, 11) is 0. The zero-order chi connectivity index (χ0) is 17.5. The minimum atomic E-state index is -0.284. The van der Waals surface area contributed by atoms with Gasteiger partial charge in [-0.15, -0.1) is 0 Å². The lowest BCUT2D eigenvalue weighted by molar-refractivity contribution is 0.0910. The van der Waals surface area contributed by atoms with Gasteiger partial charge in [0.15, 0.2) is 5.76 Å². The number of nitrogens with zero attached hydrogens (tertiary/aromatic N) is 1. The maximum absolute atomic E-state index is 12.5. The second kappa shape index (κ2) is 8.37. The van der Waals surface area contributed by atoms with Crippen LogP contribution in [0.3, 0.4) is 0 Å². The topological polar surface area (TPSA) is 74.6 Å². The van der Waals surface area contributed by atoms with Gasteiger partial charge >= 0.3 is 0 Å². The Morgan fingerprint density at radius 3 is 2.36 bits per heavy atom. The van der Waals surface area contributed by atoms with Crippen molar-refractivity contribution in [2.24, 2.45) is 0 Å². The highest BCUT2D eigenvalue weighted by Crippen LogP contribution is 2.23. The van der Waals surface area contributed by atoms with Crippen LogP contribution in [-0.4, -0.2) is 38.0 Å². The van der Waals surface area contributed by atoms with E-state index in [0.29, 0.717) is 18.7 Å².